The molecule has 0 spiro atoms. The van der Waals surface area contributed by atoms with Gasteiger partial charge in [-0.3, -0.25) is 19.4 Å². The fourth-order valence-electron chi connectivity index (χ4n) is 4.41. The quantitative estimate of drug-likeness (QED) is 0.805. The van der Waals surface area contributed by atoms with Crippen LogP contribution in [0.3, 0.4) is 0 Å². The lowest BCUT2D eigenvalue weighted by Gasteiger charge is -2.30. The van der Waals surface area contributed by atoms with Crippen molar-refractivity contribution in [3.05, 3.63) is 35.6 Å². The maximum absolute atomic E-state index is 13.2. The summed E-state index contributed by atoms with van der Waals surface area (Å²) in [7, 11) is 1.84. The minimum atomic E-state index is -0.818. The van der Waals surface area contributed by atoms with Gasteiger partial charge in [0.25, 0.3) is 0 Å². The predicted octanol–water partition coefficient (Wildman–Crippen LogP) is 2.19. The first kappa shape index (κ1) is 20.7. The van der Waals surface area contributed by atoms with Gasteiger partial charge in [-0.2, -0.15) is 0 Å². The highest BCUT2D eigenvalue weighted by atomic mass is 19.1. The lowest BCUT2D eigenvalue weighted by atomic mass is 10.1. The summed E-state index contributed by atoms with van der Waals surface area (Å²) in [6.45, 7) is 2.98. The van der Waals surface area contributed by atoms with Gasteiger partial charge >= 0.3 is 5.97 Å². The van der Waals surface area contributed by atoms with Gasteiger partial charge in [0.1, 0.15) is 5.82 Å². The minimum Gasteiger partial charge on any atom is -0.480 e. The largest absolute Gasteiger partial charge is 0.480 e. The van der Waals surface area contributed by atoms with Gasteiger partial charge in [-0.05, 0) is 63.4 Å². The van der Waals surface area contributed by atoms with Crippen LogP contribution in [0.2, 0.25) is 0 Å². The summed E-state index contributed by atoms with van der Waals surface area (Å²) >= 11 is 0. The average molecular weight is 391 g/mol. The number of aliphatic carboxylic acids is 1. The summed E-state index contributed by atoms with van der Waals surface area (Å²) in [6, 6.07) is 6.58. The number of carbonyl (C=O) groups is 2. The number of hydrogen-bond acceptors (Lipinski definition) is 4. The number of hydrogen-bond donors (Lipinski definition) is 1. The molecule has 154 valence electrons. The Morgan fingerprint density at radius 1 is 1.11 bits per heavy atom. The maximum atomic E-state index is 13.2. The molecule has 3 rings (SSSR count). The monoisotopic (exact) mass is 391 g/mol. The van der Waals surface area contributed by atoms with E-state index < -0.39 is 5.97 Å². The molecule has 2 fully saturated rings. The smallest absolute Gasteiger partial charge is 0.317 e. The van der Waals surface area contributed by atoms with Crippen LogP contribution in [0.4, 0.5) is 4.39 Å². The number of carboxylic acid groups (broad SMARTS) is 1. The van der Waals surface area contributed by atoms with Gasteiger partial charge in [-0.15, -0.1) is 0 Å². The highest BCUT2D eigenvalue weighted by Gasteiger charge is 2.34. The zero-order valence-corrected chi connectivity index (χ0v) is 16.5. The van der Waals surface area contributed by atoms with Crippen molar-refractivity contribution in [2.24, 2.45) is 0 Å². The second-order valence-corrected chi connectivity index (χ2v) is 7.97. The van der Waals surface area contributed by atoms with E-state index >= 15 is 0 Å². The lowest BCUT2D eigenvalue weighted by molar-refractivity contribution is -0.139. The van der Waals surface area contributed by atoms with E-state index in [2.05, 4.69) is 4.90 Å². The van der Waals surface area contributed by atoms with E-state index in [0.29, 0.717) is 13.1 Å². The van der Waals surface area contributed by atoms with Gasteiger partial charge in [0.05, 0.1) is 12.6 Å². The molecule has 1 amide bonds. The fraction of sp³-hybridized carbons (Fsp3) is 0.619. The summed E-state index contributed by atoms with van der Waals surface area (Å²) in [6.07, 6.45) is 4.47. The summed E-state index contributed by atoms with van der Waals surface area (Å²) in [5, 5.41) is 9.00. The first-order valence-corrected chi connectivity index (χ1v) is 10.1. The van der Waals surface area contributed by atoms with E-state index in [4.69, 9.17) is 5.11 Å². The van der Waals surface area contributed by atoms with E-state index in [9.17, 15) is 14.0 Å². The van der Waals surface area contributed by atoms with Crippen molar-refractivity contribution in [1.29, 1.82) is 0 Å². The van der Waals surface area contributed by atoms with Gasteiger partial charge in [-0.1, -0.05) is 12.1 Å². The van der Waals surface area contributed by atoms with Crippen molar-refractivity contribution < 1.29 is 19.1 Å². The SMILES string of the molecule is CN(CC(=O)O)C1CCCN(C(=O)C2CCCN2Cc2ccc(F)cc2)CC1. The number of likely N-dealkylation sites (N-methyl/N-ethyl adjacent to an activating group) is 1. The zero-order chi connectivity index (χ0) is 20.1. The zero-order valence-electron chi connectivity index (χ0n) is 16.5. The molecule has 1 N–H and O–H groups in total. The predicted molar refractivity (Wildman–Crippen MR) is 104 cm³/mol. The molecule has 2 saturated heterocycles. The van der Waals surface area contributed by atoms with E-state index in [1.807, 2.05) is 16.8 Å². The molecule has 2 atom stereocenters. The third-order valence-corrected chi connectivity index (χ3v) is 5.96. The Labute approximate surface area is 165 Å². The third kappa shape index (κ3) is 5.29. The molecule has 1 aromatic carbocycles. The standard InChI is InChI=1S/C21H30FN3O3/c1-23(15-20(26)27)18-4-2-11-24(13-10-18)21(28)19-5-3-12-25(19)14-16-6-8-17(22)9-7-16/h6-9,18-19H,2-5,10-15H2,1H3,(H,26,27). The second kappa shape index (κ2) is 9.47. The van der Waals surface area contributed by atoms with Crippen LogP contribution in [0.5, 0.6) is 0 Å². The number of benzene rings is 1. The van der Waals surface area contributed by atoms with Crippen LogP contribution in [0, 0.1) is 5.82 Å². The van der Waals surface area contributed by atoms with Crippen LogP contribution < -0.4 is 0 Å². The number of likely N-dealkylation sites (tertiary alicyclic amines) is 2. The Morgan fingerprint density at radius 3 is 2.54 bits per heavy atom. The number of amides is 1. The molecule has 0 radical (unpaired) electrons. The van der Waals surface area contributed by atoms with Crippen LogP contribution in [-0.4, -0.2) is 77.0 Å². The van der Waals surface area contributed by atoms with E-state index in [1.54, 1.807) is 12.1 Å². The number of carboxylic acids is 1. The number of nitrogens with zero attached hydrogens (tertiary/aromatic N) is 3. The Kier molecular flexibility index (Phi) is 7.02. The highest BCUT2D eigenvalue weighted by Crippen LogP contribution is 2.24. The van der Waals surface area contributed by atoms with Crippen molar-refractivity contribution in [3.63, 3.8) is 0 Å². The van der Waals surface area contributed by atoms with Crippen LogP contribution in [0.15, 0.2) is 24.3 Å². The molecule has 7 heteroatoms. The topological polar surface area (TPSA) is 64.1 Å². The van der Waals surface area contributed by atoms with Crippen LogP contribution in [0.25, 0.3) is 0 Å². The molecule has 6 nitrogen and oxygen atoms in total. The third-order valence-electron chi connectivity index (χ3n) is 5.96. The molecule has 2 aliphatic rings. The molecule has 2 heterocycles. The summed E-state index contributed by atoms with van der Waals surface area (Å²) in [5.74, 6) is -0.881. The van der Waals surface area contributed by atoms with Crippen molar-refractivity contribution in [1.82, 2.24) is 14.7 Å². The first-order chi connectivity index (χ1) is 13.4. The van der Waals surface area contributed by atoms with Crippen molar-refractivity contribution in [2.45, 2.75) is 50.7 Å². The molecule has 0 aromatic heterocycles. The van der Waals surface area contributed by atoms with E-state index in [1.165, 1.54) is 12.1 Å². The van der Waals surface area contributed by atoms with Gasteiger partial charge in [0, 0.05) is 25.7 Å². The Bertz CT molecular complexity index is 682. The van der Waals surface area contributed by atoms with Gasteiger partial charge < -0.3 is 10.0 Å². The molecule has 2 unspecified atom stereocenters. The lowest BCUT2D eigenvalue weighted by Crippen LogP contribution is -2.46. The normalized spacial score (nSPS) is 23.8. The number of halogens is 1. The average Bonchev–Trinajstić information content (AvgIpc) is 2.96. The van der Waals surface area contributed by atoms with Crippen LogP contribution in [-0.2, 0) is 16.1 Å². The Morgan fingerprint density at radius 2 is 1.82 bits per heavy atom. The molecule has 0 bridgehead atoms. The molecule has 1 aromatic rings. The number of carbonyl (C=O) groups excluding carboxylic acids is 1. The Balaban J connectivity index is 1.57. The molecular weight excluding hydrogens is 361 g/mol. The molecular formula is C21H30FN3O3. The molecule has 28 heavy (non-hydrogen) atoms. The van der Waals surface area contributed by atoms with Crippen LogP contribution >= 0.6 is 0 Å². The second-order valence-electron chi connectivity index (χ2n) is 7.97. The van der Waals surface area contributed by atoms with Crippen molar-refractivity contribution in [2.75, 3.05) is 33.2 Å². The van der Waals surface area contributed by atoms with Crippen LogP contribution in [0.1, 0.15) is 37.7 Å². The maximum Gasteiger partial charge on any atom is 0.317 e. The first-order valence-electron chi connectivity index (χ1n) is 10.1. The molecule has 0 aliphatic carbocycles. The van der Waals surface area contributed by atoms with E-state index in [-0.39, 0.29) is 30.4 Å². The fourth-order valence-corrected chi connectivity index (χ4v) is 4.41. The highest BCUT2D eigenvalue weighted by molar-refractivity contribution is 5.82. The summed E-state index contributed by atoms with van der Waals surface area (Å²) in [4.78, 5) is 30.2. The van der Waals surface area contributed by atoms with Crippen molar-refractivity contribution >= 4 is 11.9 Å². The van der Waals surface area contributed by atoms with Crippen molar-refractivity contribution in [3.8, 4) is 0 Å². The minimum absolute atomic E-state index is 0.0344. The Hall–Kier alpha value is -1.99. The molecule has 2 aliphatic heterocycles. The van der Waals surface area contributed by atoms with Gasteiger partial charge in [-0.25, -0.2) is 4.39 Å². The summed E-state index contributed by atoms with van der Waals surface area (Å²) < 4.78 is 13.1. The van der Waals surface area contributed by atoms with E-state index in [0.717, 1.165) is 50.8 Å². The van der Waals surface area contributed by atoms with Gasteiger partial charge in [0.15, 0.2) is 0 Å². The molecule has 0 saturated carbocycles. The summed E-state index contributed by atoms with van der Waals surface area (Å²) in [5.41, 5.74) is 1.02. The van der Waals surface area contributed by atoms with Gasteiger partial charge in [0.2, 0.25) is 5.91 Å². The number of rotatable bonds is 6.